The molecule has 1 heterocycles. The molecule has 1 unspecified atom stereocenters. The van der Waals surface area contributed by atoms with E-state index in [1.807, 2.05) is 0 Å². The molecule has 1 aliphatic rings. The Labute approximate surface area is 143 Å². The Morgan fingerprint density at radius 2 is 2.26 bits per heavy atom. The third-order valence-corrected chi connectivity index (χ3v) is 4.52. The van der Waals surface area contributed by atoms with Crippen LogP contribution in [0.5, 0.6) is 5.75 Å². The number of rotatable bonds is 4. The van der Waals surface area contributed by atoms with Gasteiger partial charge < -0.3 is 15.4 Å². The second kappa shape index (κ2) is 6.74. The topological polar surface area (TPSA) is 62.9 Å². The molecule has 0 aromatic heterocycles. The van der Waals surface area contributed by atoms with Crippen LogP contribution in [0, 0.1) is 0 Å². The average molecular weight is 334 g/mol. The Morgan fingerprint density at radius 1 is 1.57 bits per heavy atom. The Bertz CT molecular complexity index is 627. The van der Waals surface area contributed by atoms with Gasteiger partial charge in [-0.1, -0.05) is 6.92 Å². The van der Waals surface area contributed by atoms with Crippen molar-refractivity contribution in [1.82, 2.24) is 5.43 Å². The fraction of sp³-hybridized carbons (Fsp3) is 0.529. The predicted molar refractivity (Wildman–Crippen MR) is 101 cm³/mol. The van der Waals surface area contributed by atoms with E-state index in [0.717, 1.165) is 24.3 Å². The zero-order valence-electron chi connectivity index (χ0n) is 14.5. The van der Waals surface area contributed by atoms with Gasteiger partial charge in [0.15, 0.2) is 5.11 Å². The number of nitrogens with one attached hydrogen (secondary N) is 1. The maximum Gasteiger partial charge on any atom is 0.184 e. The van der Waals surface area contributed by atoms with E-state index in [-0.39, 0.29) is 10.7 Å². The lowest BCUT2D eigenvalue weighted by Gasteiger charge is -2.47. The van der Waals surface area contributed by atoms with Crippen LogP contribution in [-0.4, -0.2) is 30.5 Å². The van der Waals surface area contributed by atoms with E-state index in [9.17, 15) is 0 Å². The molecule has 3 N–H and O–H groups in total. The van der Waals surface area contributed by atoms with E-state index in [2.05, 4.69) is 55.3 Å². The molecule has 6 heteroatoms. The van der Waals surface area contributed by atoms with E-state index in [1.54, 1.807) is 13.3 Å². The van der Waals surface area contributed by atoms with Crippen molar-refractivity contribution in [2.45, 2.75) is 45.6 Å². The highest BCUT2D eigenvalue weighted by molar-refractivity contribution is 7.80. The van der Waals surface area contributed by atoms with Gasteiger partial charge in [0.2, 0.25) is 0 Å². The van der Waals surface area contributed by atoms with Crippen LogP contribution in [0.4, 0.5) is 5.69 Å². The van der Waals surface area contributed by atoms with Crippen LogP contribution in [0.25, 0.3) is 0 Å². The number of methoxy groups -OCH3 is 1. The summed E-state index contributed by atoms with van der Waals surface area (Å²) < 4.78 is 5.56. The van der Waals surface area contributed by atoms with Gasteiger partial charge in [-0.15, -0.1) is 0 Å². The molecule has 1 aromatic carbocycles. The first-order valence-electron chi connectivity index (χ1n) is 7.88. The Morgan fingerprint density at radius 3 is 2.83 bits per heavy atom. The van der Waals surface area contributed by atoms with Crippen molar-refractivity contribution in [2.75, 3.05) is 18.6 Å². The number of ether oxygens (including phenoxy) is 1. The molecule has 0 amide bonds. The summed E-state index contributed by atoms with van der Waals surface area (Å²) in [6.07, 6.45) is 2.81. The van der Waals surface area contributed by atoms with E-state index >= 15 is 0 Å². The maximum absolute atomic E-state index is 5.56. The van der Waals surface area contributed by atoms with Crippen molar-refractivity contribution in [3.05, 3.63) is 23.3 Å². The molecule has 1 aliphatic heterocycles. The molecule has 1 atom stereocenters. The first-order valence-corrected chi connectivity index (χ1v) is 8.29. The number of nitrogens with two attached hydrogens (primary N) is 1. The standard InChI is InChI=1S/C17H26N4OS/c1-6-21-14-8-15(22-5)12(10-19-20-16(18)23)7-13(14)11(2)9-17(21,3)4/h7-8,10-11H,6,9H2,1-5H3,(H3,18,20,23)/b19-10-. The fourth-order valence-corrected chi connectivity index (χ4v) is 3.62. The molecule has 0 aliphatic carbocycles. The number of fused-ring (bicyclic) bond motifs is 1. The summed E-state index contributed by atoms with van der Waals surface area (Å²) in [6.45, 7) is 10.0. The predicted octanol–water partition coefficient (Wildman–Crippen LogP) is 2.97. The molecule has 5 nitrogen and oxygen atoms in total. The van der Waals surface area contributed by atoms with Crippen molar-refractivity contribution in [3.63, 3.8) is 0 Å². The highest BCUT2D eigenvalue weighted by Gasteiger charge is 2.36. The molecular formula is C17H26N4OS. The van der Waals surface area contributed by atoms with Crippen LogP contribution in [-0.2, 0) is 0 Å². The van der Waals surface area contributed by atoms with E-state index in [1.165, 1.54) is 11.3 Å². The van der Waals surface area contributed by atoms with Crippen molar-refractivity contribution < 1.29 is 4.74 Å². The Kier molecular flexibility index (Phi) is 5.14. The second-order valence-electron chi connectivity index (χ2n) is 6.55. The Hall–Kier alpha value is -1.82. The van der Waals surface area contributed by atoms with Gasteiger partial charge in [0.25, 0.3) is 0 Å². The van der Waals surface area contributed by atoms with Gasteiger partial charge in [-0.05, 0) is 57.0 Å². The average Bonchev–Trinajstić information content (AvgIpc) is 2.46. The SMILES string of the molecule is CCN1c2cc(OC)c(/C=N\NC(N)=S)cc2C(C)CC1(C)C. The van der Waals surface area contributed by atoms with Crippen LogP contribution >= 0.6 is 12.2 Å². The number of hydrogen-bond donors (Lipinski definition) is 2. The number of thiocarbonyl (C=S) groups is 1. The van der Waals surface area contributed by atoms with E-state index < -0.39 is 0 Å². The number of hydrogen-bond acceptors (Lipinski definition) is 4. The highest BCUT2D eigenvalue weighted by Crippen LogP contribution is 2.45. The monoisotopic (exact) mass is 334 g/mol. The fourth-order valence-electron chi connectivity index (χ4n) is 3.57. The second-order valence-corrected chi connectivity index (χ2v) is 6.99. The summed E-state index contributed by atoms with van der Waals surface area (Å²) in [5, 5.41) is 4.20. The summed E-state index contributed by atoms with van der Waals surface area (Å²) in [4.78, 5) is 2.44. The van der Waals surface area contributed by atoms with Crippen LogP contribution < -0.4 is 20.8 Å². The van der Waals surface area contributed by atoms with Gasteiger partial charge in [-0.3, -0.25) is 5.43 Å². The van der Waals surface area contributed by atoms with Crippen LogP contribution in [0.1, 0.15) is 51.2 Å². The van der Waals surface area contributed by atoms with Crippen molar-refractivity contribution in [2.24, 2.45) is 10.8 Å². The molecule has 0 fully saturated rings. The van der Waals surface area contributed by atoms with Gasteiger partial charge in [0.05, 0.1) is 13.3 Å². The van der Waals surface area contributed by atoms with Gasteiger partial charge in [-0.25, -0.2) is 0 Å². The largest absolute Gasteiger partial charge is 0.496 e. The maximum atomic E-state index is 5.56. The number of nitrogens with zero attached hydrogens (tertiary/aromatic N) is 2. The van der Waals surface area contributed by atoms with E-state index in [0.29, 0.717) is 5.92 Å². The number of anilines is 1. The summed E-state index contributed by atoms with van der Waals surface area (Å²) in [5.74, 6) is 1.27. The third kappa shape index (κ3) is 3.58. The van der Waals surface area contributed by atoms with Crippen LogP contribution in [0.3, 0.4) is 0 Å². The summed E-state index contributed by atoms with van der Waals surface area (Å²) >= 11 is 4.76. The molecule has 0 saturated heterocycles. The molecule has 126 valence electrons. The van der Waals surface area contributed by atoms with Gasteiger partial charge in [0.1, 0.15) is 5.75 Å². The summed E-state index contributed by atoms with van der Waals surface area (Å²) in [5.41, 5.74) is 11.6. The molecule has 0 bridgehead atoms. The molecular weight excluding hydrogens is 308 g/mol. The van der Waals surface area contributed by atoms with Crippen molar-refractivity contribution in [1.29, 1.82) is 0 Å². The first kappa shape index (κ1) is 17.5. The lowest BCUT2D eigenvalue weighted by atomic mass is 9.79. The highest BCUT2D eigenvalue weighted by atomic mass is 32.1. The quantitative estimate of drug-likeness (QED) is 0.503. The van der Waals surface area contributed by atoms with Crippen LogP contribution in [0.15, 0.2) is 17.2 Å². The zero-order chi connectivity index (χ0) is 17.2. The van der Waals surface area contributed by atoms with Gasteiger partial charge in [0, 0.05) is 29.4 Å². The minimum atomic E-state index is 0.134. The summed E-state index contributed by atoms with van der Waals surface area (Å²) in [7, 11) is 1.67. The van der Waals surface area contributed by atoms with Crippen molar-refractivity contribution in [3.8, 4) is 5.75 Å². The molecule has 23 heavy (non-hydrogen) atoms. The Balaban J connectivity index is 2.49. The molecule has 0 spiro atoms. The molecule has 0 saturated carbocycles. The van der Waals surface area contributed by atoms with E-state index in [4.69, 9.17) is 22.7 Å². The minimum absolute atomic E-state index is 0.134. The minimum Gasteiger partial charge on any atom is -0.496 e. The zero-order valence-corrected chi connectivity index (χ0v) is 15.3. The van der Waals surface area contributed by atoms with Gasteiger partial charge >= 0.3 is 0 Å². The van der Waals surface area contributed by atoms with Crippen molar-refractivity contribution >= 4 is 29.2 Å². The van der Waals surface area contributed by atoms with Crippen LogP contribution in [0.2, 0.25) is 0 Å². The third-order valence-electron chi connectivity index (χ3n) is 4.43. The lowest BCUT2D eigenvalue weighted by Crippen LogP contribution is -2.48. The molecule has 2 rings (SSSR count). The first-order chi connectivity index (χ1) is 10.8. The molecule has 1 aromatic rings. The smallest absolute Gasteiger partial charge is 0.184 e. The number of benzene rings is 1. The normalized spacial score (nSPS) is 19.5. The summed E-state index contributed by atoms with van der Waals surface area (Å²) in [6, 6.07) is 4.26. The lowest BCUT2D eigenvalue weighted by molar-refractivity contribution is 0.377. The van der Waals surface area contributed by atoms with Gasteiger partial charge in [-0.2, -0.15) is 5.10 Å². The molecule has 0 radical (unpaired) electrons. The number of hydrazone groups is 1.